The van der Waals surface area contributed by atoms with Gasteiger partial charge in [-0.05, 0) is 38.6 Å². The van der Waals surface area contributed by atoms with Gasteiger partial charge in [0.25, 0.3) is 0 Å². The lowest BCUT2D eigenvalue weighted by Gasteiger charge is -2.45. The molecule has 2 rings (SSSR count). The van der Waals surface area contributed by atoms with Gasteiger partial charge in [-0.3, -0.25) is 0 Å². The van der Waals surface area contributed by atoms with E-state index in [1.165, 1.54) is 70.6 Å². The van der Waals surface area contributed by atoms with E-state index in [0.717, 1.165) is 5.92 Å². The third-order valence-corrected chi connectivity index (χ3v) is 5.36. The van der Waals surface area contributed by atoms with Crippen molar-refractivity contribution in [3.8, 4) is 0 Å². The second kappa shape index (κ2) is 6.91. The van der Waals surface area contributed by atoms with Crippen LogP contribution in [-0.2, 0) is 4.74 Å². The van der Waals surface area contributed by atoms with E-state index in [9.17, 15) is 0 Å². The molecule has 1 N–H and O–H groups in total. The zero-order valence-electron chi connectivity index (χ0n) is 12.3. The number of rotatable bonds is 4. The maximum absolute atomic E-state index is 6.06. The Morgan fingerprint density at radius 1 is 0.944 bits per heavy atom. The average Bonchev–Trinajstić information content (AvgIpc) is 2.70. The SMILES string of the molecule is CNC(C1CCCCCC1)C1(OC)CCCCC1. The molecule has 2 nitrogen and oxygen atoms in total. The van der Waals surface area contributed by atoms with Crippen molar-refractivity contribution in [3.05, 3.63) is 0 Å². The fourth-order valence-corrected chi connectivity index (χ4v) is 4.36. The van der Waals surface area contributed by atoms with Crippen LogP contribution in [0.5, 0.6) is 0 Å². The number of likely N-dealkylation sites (N-methyl/N-ethyl adjacent to an activating group) is 1. The quantitative estimate of drug-likeness (QED) is 0.767. The van der Waals surface area contributed by atoms with E-state index in [1.807, 2.05) is 7.11 Å². The number of ether oxygens (including phenoxy) is 1. The molecule has 2 aliphatic rings. The number of hydrogen-bond acceptors (Lipinski definition) is 2. The molecule has 0 aromatic carbocycles. The molecule has 106 valence electrons. The summed E-state index contributed by atoms with van der Waals surface area (Å²) in [6, 6.07) is 0.570. The lowest BCUT2D eigenvalue weighted by molar-refractivity contribution is -0.0814. The highest BCUT2D eigenvalue weighted by Crippen LogP contribution is 2.40. The first-order valence-corrected chi connectivity index (χ1v) is 8.05. The Labute approximate surface area is 113 Å². The molecule has 2 aliphatic carbocycles. The van der Waals surface area contributed by atoms with E-state index in [4.69, 9.17) is 4.74 Å². The molecule has 0 aromatic heterocycles. The summed E-state index contributed by atoms with van der Waals surface area (Å²) in [5.74, 6) is 0.829. The van der Waals surface area contributed by atoms with Crippen LogP contribution in [0.25, 0.3) is 0 Å². The molecule has 2 heteroatoms. The van der Waals surface area contributed by atoms with Crippen LogP contribution in [0.1, 0.15) is 70.6 Å². The maximum Gasteiger partial charge on any atom is 0.0833 e. The van der Waals surface area contributed by atoms with Gasteiger partial charge in [0.15, 0.2) is 0 Å². The van der Waals surface area contributed by atoms with Gasteiger partial charge in [0.2, 0.25) is 0 Å². The molecule has 2 fully saturated rings. The smallest absolute Gasteiger partial charge is 0.0833 e. The third-order valence-electron chi connectivity index (χ3n) is 5.36. The van der Waals surface area contributed by atoms with Crippen molar-refractivity contribution in [1.29, 1.82) is 0 Å². The highest BCUT2D eigenvalue weighted by molar-refractivity contribution is 4.98. The summed E-state index contributed by atoms with van der Waals surface area (Å²) in [5.41, 5.74) is 0.127. The minimum atomic E-state index is 0.127. The first-order valence-electron chi connectivity index (χ1n) is 8.05. The Balaban J connectivity index is 2.08. The predicted molar refractivity (Wildman–Crippen MR) is 76.9 cm³/mol. The van der Waals surface area contributed by atoms with Crippen molar-refractivity contribution in [2.24, 2.45) is 5.92 Å². The minimum absolute atomic E-state index is 0.127. The lowest BCUT2D eigenvalue weighted by Crippen LogP contribution is -2.55. The standard InChI is InChI=1S/C16H31NO/c1-17-15(14-10-6-3-4-7-11-14)16(18-2)12-8-5-9-13-16/h14-15,17H,3-13H2,1-2H3. The van der Waals surface area contributed by atoms with Gasteiger partial charge in [0.05, 0.1) is 5.60 Å². The van der Waals surface area contributed by atoms with E-state index in [-0.39, 0.29) is 5.60 Å². The lowest BCUT2D eigenvalue weighted by atomic mass is 9.72. The van der Waals surface area contributed by atoms with Gasteiger partial charge >= 0.3 is 0 Å². The summed E-state index contributed by atoms with van der Waals surface area (Å²) in [6.07, 6.45) is 15.1. The molecule has 0 amide bonds. The molecule has 1 unspecified atom stereocenters. The van der Waals surface area contributed by atoms with Crippen LogP contribution in [0.4, 0.5) is 0 Å². The van der Waals surface area contributed by atoms with Crippen molar-refractivity contribution in [2.45, 2.75) is 82.3 Å². The summed E-state index contributed by atoms with van der Waals surface area (Å²) < 4.78 is 6.06. The van der Waals surface area contributed by atoms with Gasteiger partial charge < -0.3 is 10.1 Å². The van der Waals surface area contributed by atoms with Crippen LogP contribution in [-0.4, -0.2) is 25.8 Å². The van der Waals surface area contributed by atoms with Crippen molar-refractivity contribution >= 4 is 0 Å². The summed E-state index contributed by atoms with van der Waals surface area (Å²) >= 11 is 0. The van der Waals surface area contributed by atoms with Crippen LogP contribution < -0.4 is 5.32 Å². The van der Waals surface area contributed by atoms with Crippen LogP contribution in [0.3, 0.4) is 0 Å². The highest BCUT2D eigenvalue weighted by Gasteiger charge is 2.42. The number of methoxy groups -OCH3 is 1. The van der Waals surface area contributed by atoms with Gasteiger partial charge in [0, 0.05) is 13.2 Å². The van der Waals surface area contributed by atoms with Gasteiger partial charge in [-0.15, -0.1) is 0 Å². The van der Waals surface area contributed by atoms with Crippen LogP contribution in [0.15, 0.2) is 0 Å². The topological polar surface area (TPSA) is 21.3 Å². The normalized spacial score (nSPS) is 27.7. The second-order valence-electron chi connectivity index (χ2n) is 6.35. The van der Waals surface area contributed by atoms with E-state index >= 15 is 0 Å². The first-order chi connectivity index (χ1) is 8.82. The molecule has 0 heterocycles. The molecule has 1 atom stereocenters. The van der Waals surface area contributed by atoms with Gasteiger partial charge in [0.1, 0.15) is 0 Å². The number of hydrogen-bond donors (Lipinski definition) is 1. The van der Waals surface area contributed by atoms with Crippen molar-refractivity contribution in [2.75, 3.05) is 14.2 Å². The second-order valence-corrected chi connectivity index (χ2v) is 6.35. The molecule has 0 aliphatic heterocycles. The van der Waals surface area contributed by atoms with E-state index in [0.29, 0.717) is 6.04 Å². The number of nitrogens with one attached hydrogen (secondary N) is 1. The summed E-state index contributed by atoms with van der Waals surface area (Å²) in [4.78, 5) is 0. The Morgan fingerprint density at radius 2 is 1.50 bits per heavy atom. The Hall–Kier alpha value is -0.0800. The molecule has 0 spiro atoms. The monoisotopic (exact) mass is 253 g/mol. The fourth-order valence-electron chi connectivity index (χ4n) is 4.36. The molecule has 0 bridgehead atoms. The minimum Gasteiger partial charge on any atom is -0.377 e. The Morgan fingerprint density at radius 3 is 2.00 bits per heavy atom. The van der Waals surface area contributed by atoms with Gasteiger partial charge in [-0.25, -0.2) is 0 Å². The maximum atomic E-state index is 6.06. The van der Waals surface area contributed by atoms with E-state index in [2.05, 4.69) is 12.4 Å². The Kier molecular flexibility index (Phi) is 5.50. The van der Waals surface area contributed by atoms with E-state index < -0.39 is 0 Å². The van der Waals surface area contributed by atoms with Crippen LogP contribution >= 0.6 is 0 Å². The summed E-state index contributed by atoms with van der Waals surface area (Å²) in [6.45, 7) is 0. The van der Waals surface area contributed by atoms with Gasteiger partial charge in [-0.2, -0.15) is 0 Å². The molecule has 0 saturated heterocycles. The van der Waals surface area contributed by atoms with E-state index in [1.54, 1.807) is 0 Å². The first kappa shape index (κ1) is 14.3. The zero-order valence-corrected chi connectivity index (χ0v) is 12.3. The molecule has 0 radical (unpaired) electrons. The zero-order chi connectivity index (χ0) is 12.8. The molecule has 0 aromatic rings. The third kappa shape index (κ3) is 3.08. The molecule has 18 heavy (non-hydrogen) atoms. The highest BCUT2D eigenvalue weighted by atomic mass is 16.5. The molecular weight excluding hydrogens is 222 g/mol. The molecule has 2 saturated carbocycles. The van der Waals surface area contributed by atoms with Crippen molar-refractivity contribution in [1.82, 2.24) is 5.32 Å². The summed E-state index contributed by atoms with van der Waals surface area (Å²) in [7, 11) is 4.08. The fraction of sp³-hybridized carbons (Fsp3) is 1.00. The predicted octanol–water partition coefficient (Wildman–Crippen LogP) is 3.89. The Bertz CT molecular complexity index is 227. The molecular formula is C16H31NO. The summed E-state index contributed by atoms with van der Waals surface area (Å²) in [5, 5.41) is 3.64. The largest absolute Gasteiger partial charge is 0.377 e. The average molecular weight is 253 g/mol. The van der Waals surface area contributed by atoms with Crippen LogP contribution in [0, 0.1) is 5.92 Å². The van der Waals surface area contributed by atoms with Gasteiger partial charge in [-0.1, -0.05) is 44.9 Å². The van der Waals surface area contributed by atoms with Crippen molar-refractivity contribution in [3.63, 3.8) is 0 Å². The van der Waals surface area contributed by atoms with Crippen LogP contribution in [0.2, 0.25) is 0 Å². The van der Waals surface area contributed by atoms with Crippen molar-refractivity contribution < 1.29 is 4.74 Å².